The van der Waals surface area contributed by atoms with Crippen LogP contribution in [-0.4, -0.2) is 31.5 Å². The van der Waals surface area contributed by atoms with Gasteiger partial charge in [0.1, 0.15) is 5.75 Å². The Balaban J connectivity index is 1.79. The fourth-order valence-electron chi connectivity index (χ4n) is 2.74. The van der Waals surface area contributed by atoms with Crippen LogP contribution >= 0.6 is 0 Å². The number of ether oxygens (including phenoxy) is 1. The van der Waals surface area contributed by atoms with Crippen LogP contribution in [0.2, 0.25) is 0 Å². The van der Waals surface area contributed by atoms with Crippen molar-refractivity contribution in [3.05, 3.63) is 59.7 Å². The van der Waals surface area contributed by atoms with E-state index in [2.05, 4.69) is 43.4 Å². The monoisotopic (exact) mass is 383 g/mol. The van der Waals surface area contributed by atoms with E-state index in [0.717, 1.165) is 18.8 Å². The van der Waals surface area contributed by atoms with Gasteiger partial charge in [-0.25, -0.2) is 0 Å². The average molecular weight is 383 g/mol. The zero-order valence-corrected chi connectivity index (χ0v) is 17.0. The highest BCUT2D eigenvalue weighted by molar-refractivity contribution is 5.95. The van der Waals surface area contributed by atoms with Crippen LogP contribution in [0.4, 0.5) is 5.69 Å². The van der Waals surface area contributed by atoms with E-state index in [4.69, 9.17) is 4.74 Å². The molecular formula is C22H29N3O3. The van der Waals surface area contributed by atoms with Gasteiger partial charge in [0.25, 0.3) is 11.8 Å². The minimum absolute atomic E-state index is 0.178. The Kier molecular flexibility index (Phi) is 7.87. The number of benzene rings is 2. The van der Waals surface area contributed by atoms with Gasteiger partial charge in [-0.05, 0) is 61.7 Å². The molecule has 0 saturated carbocycles. The molecule has 0 unspecified atom stereocenters. The van der Waals surface area contributed by atoms with Crippen molar-refractivity contribution in [2.24, 2.45) is 0 Å². The fraction of sp³-hybridized carbons (Fsp3) is 0.364. The molecule has 0 fully saturated rings. The third kappa shape index (κ3) is 6.01. The van der Waals surface area contributed by atoms with Crippen molar-refractivity contribution in [3.63, 3.8) is 0 Å². The Morgan fingerprint density at radius 2 is 1.54 bits per heavy atom. The summed E-state index contributed by atoms with van der Waals surface area (Å²) in [4.78, 5) is 26.2. The molecule has 0 saturated heterocycles. The molecule has 0 atom stereocenters. The second kappa shape index (κ2) is 10.3. The summed E-state index contributed by atoms with van der Waals surface area (Å²) in [6.45, 7) is 10.0. The van der Waals surface area contributed by atoms with Crippen LogP contribution in [0.5, 0.6) is 5.75 Å². The van der Waals surface area contributed by atoms with Crippen molar-refractivity contribution >= 4 is 17.5 Å². The lowest BCUT2D eigenvalue weighted by Crippen LogP contribution is -2.43. The molecule has 0 bridgehead atoms. The number of amides is 2. The summed E-state index contributed by atoms with van der Waals surface area (Å²) in [6.07, 6.45) is 0. The van der Waals surface area contributed by atoms with E-state index in [1.807, 2.05) is 36.4 Å². The Morgan fingerprint density at radius 3 is 2.07 bits per heavy atom. The van der Waals surface area contributed by atoms with E-state index < -0.39 is 5.91 Å². The molecule has 6 nitrogen and oxygen atoms in total. The number of anilines is 1. The lowest BCUT2D eigenvalue weighted by atomic mass is 10.0. The van der Waals surface area contributed by atoms with Crippen molar-refractivity contribution in [2.75, 3.05) is 24.6 Å². The number of hydrogen-bond acceptors (Lipinski definition) is 4. The predicted octanol–water partition coefficient (Wildman–Crippen LogP) is 3.50. The second-order valence-corrected chi connectivity index (χ2v) is 6.73. The average Bonchev–Trinajstić information content (AvgIpc) is 2.72. The predicted molar refractivity (Wildman–Crippen MR) is 112 cm³/mol. The molecule has 0 aromatic heterocycles. The first kappa shape index (κ1) is 21.3. The zero-order chi connectivity index (χ0) is 20.5. The highest BCUT2D eigenvalue weighted by Gasteiger charge is 2.09. The maximum atomic E-state index is 12.2. The van der Waals surface area contributed by atoms with Crippen LogP contribution in [0.3, 0.4) is 0 Å². The van der Waals surface area contributed by atoms with Crippen molar-refractivity contribution in [2.45, 2.75) is 33.6 Å². The summed E-state index contributed by atoms with van der Waals surface area (Å²) in [7, 11) is 0. The van der Waals surface area contributed by atoms with Crippen molar-refractivity contribution in [1.82, 2.24) is 10.9 Å². The zero-order valence-electron chi connectivity index (χ0n) is 17.0. The van der Waals surface area contributed by atoms with E-state index in [9.17, 15) is 9.59 Å². The van der Waals surface area contributed by atoms with Crippen LogP contribution in [0, 0.1) is 0 Å². The van der Waals surface area contributed by atoms with Gasteiger partial charge >= 0.3 is 0 Å². The molecular weight excluding hydrogens is 354 g/mol. The molecule has 0 aliphatic carbocycles. The number of nitrogens with one attached hydrogen (secondary N) is 2. The number of carbonyl (C=O) groups is 2. The summed E-state index contributed by atoms with van der Waals surface area (Å²) >= 11 is 0. The molecule has 0 heterocycles. The summed E-state index contributed by atoms with van der Waals surface area (Å²) in [5, 5.41) is 0. The van der Waals surface area contributed by atoms with E-state index >= 15 is 0 Å². The van der Waals surface area contributed by atoms with Crippen LogP contribution in [0.25, 0.3) is 0 Å². The van der Waals surface area contributed by atoms with E-state index in [1.54, 1.807) is 12.1 Å². The van der Waals surface area contributed by atoms with E-state index in [1.165, 1.54) is 5.56 Å². The third-order valence-electron chi connectivity index (χ3n) is 4.49. The molecule has 2 N–H and O–H groups in total. The molecule has 0 aliphatic rings. The number of rotatable bonds is 8. The van der Waals surface area contributed by atoms with Gasteiger partial charge in [-0.2, -0.15) is 0 Å². The summed E-state index contributed by atoms with van der Waals surface area (Å²) in [5.74, 6) is 0.244. The molecule has 150 valence electrons. The molecule has 0 spiro atoms. The number of hydrazine groups is 1. The minimum atomic E-state index is -0.430. The molecule has 0 radical (unpaired) electrons. The molecule has 0 aliphatic heterocycles. The lowest BCUT2D eigenvalue weighted by molar-refractivity contribution is -0.123. The van der Waals surface area contributed by atoms with E-state index in [-0.39, 0.29) is 12.5 Å². The van der Waals surface area contributed by atoms with Gasteiger partial charge in [-0.15, -0.1) is 0 Å². The lowest BCUT2D eigenvalue weighted by Gasteiger charge is -2.21. The number of hydrogen-bond donors (Lipinski definition) is 2. The third-order valence-corrected chi connectivity index (χ3v) is 4.49. The number of carbonyl (C=O) groups excluding carboxylic acids is 2. The first-order chi connectivity index (χ1) is 13.4. The summed E-state index contributed by atoms with van der Waals surface area (Å²) in [5.41, 5.74) is 7.51. The van der Waals surface area contributed by atoms with Gasteiger partial charge < -0.3 is 9.64 Å². The molecule has 2 amide bonds. The molecule has 6 heteroatoms. The Bertz CT molecular complexity index is 767. The summed E-state index contributed by atoms with van der Waals surface area (Å²) < 4.78 is 5.44. The second-order valence-electron chi connectivity index (χ2n) is 6.73. The topological polar surface area (TPSA) is 70.7 Å². The largest absolute Gasteiger partial charge is 0.484 e. The SMILES string of the molecule is CCN(CC)c1ccc(C(=O)NNC(=O)COc2ccc(C(C)C)cc2)cc1. The van der Waals surface area contributed by atoms with Gasteiger partial charge in [-0.3, -0.25) is 20.4 Å². The maximum Gasteiger partial charge on any atom is 0.276 e. The van der Waals surface area contributed by atoms with Crippen molar-refractivity contribution in [3.8, 4) is 5.75 Å². The highest BCUT2D eigenvalue weighted by atomic mass is 16.5. The van der Waals surface area contributed by atoms with Gasteiger partial charge in [-0.1, -0.05) is 26.0 Å². The summed E-state index contributed by atoms with van der Waals surface area (Å²) in [6, 6.07) is 14.9. The quantitative estimate of drug-likeness (QED) is 0.685. The molecule has 2 aromatic carbocycles. The molecule has 2 rings (SSSR count). The molecule has 2 aromatic rings. The van der Waals surface area contributed by atoms with E-state index in [0.29, 0.717) is 17.2 Å². The van der Waals surface area contributed by atoms with Crippen LogP contribution in [-0.2, 0) is 4.79 Å². The van der Waals surface area contributed by atoms with Gasteiger partial charge in [0.15, 0.2) is 6.61 Å². The Morgan fingerprint density at radius 1 is 0.929 bits per heavy atom. The normalized spacial score (nSPS) is 10.5. The van der Waals surface area contributed by atoms with Gasteiger partial charge in [0.05, 0.1) is 0 Å². The Labute approximate surface area is 166 Å². The van der Waals surface area contributed by atoms with Crippen LogP contribution in [0.1, 0.15) is 49.5 Å². The minimum Gasteiger partial charge on any atom is -0.484 e. The van der Waals surface area contributed by atoms with Crippen molar-refractivity contribution in [1.29, 1.82) is 0 Å². The Hall–Kier alpha value is -3.02. The van der Waals surface area contributed by atoms with Crippen LogP contribution < -0.4 is 20.5 Å². The van der Waals surface area contributed by atoms with Gasteiger partial charge in [0, 0.05) is 24.3 Å². The number of nitrogens with zero attached hydrogens (tertiary/aromatic N) is 1. The maximum absolute atomic E-state index is 12.2. The first-order valence-corrected chi connectivity index (χ1v) is 9.61. The standard InChI is InChI=1S/C22H29N3O3/c1-5-25(6-2)19-11-7-18(8-12-19)22(27)24-23-21(26)15-28-20-13-9-17(10-14-20)16(3)4/h7-14,16H,5-6,15H2,1-4H3,(H,23,26)(H,24,27). The van der Waals surface area contributed by atoms with Crippen molar-refractivity contribution < 1.29 is 14.3 Å². The fourth-order valence-corrected chi connectivity index (χ4v) is 2.74. The smallest absolute Gasteiger partial charge is 0.276 e. The highest BCUT2D eigenvalue weighted by Crippen LogP contribution is 2.18. The first-order valence-electron chi connectivity index (χ1n) is 9.61. The van der Waals surface area contributed by atoms with Crippen LogP contribution in [0.15, 0.2) is 48.5 Å². The van der Waals surface area contributed by atoms with Gasteiger partial charge in [0.2, 0.25) is 0 Å². The molecule has 28 heavy (non-hydrogen) atoms.